The fraction of sp³-hybridized carbons (Fsp3) is 0.571. The summed E-state index contributed by atoms with van der Waals surface area (Å²) in [6, 6.07) is 2.94. The highest BCUT2D eigenvalue weighted by atomic mass is 19.1. The Kier molecular flexibility index (Phi) is 5.61. The number of carboxylic acid groups (broad SMARTS) is 1. The van der Waals surface area contributed by atoms with Gasteiger partial charge in [0.05, 0.1) is 42.2 Å². The molecule has 168 valence electrons. The van der Waals surface area contributed by atoms with E-state index in [4.69, 9.17) is 9.47 Å². The maximum atomic E-state index is 14.1. The van der Waals surface area contributed by atoms with Gasteiger partial charge in [0.1, 0.15) is 11.9 Å². The van der Waals surface area contributed by atoms with Crippen LogP contribution in [0.5, 0.6) is 0 Å². The lowest BCUT2D eigenvalue weighted by Gasteiger charge is -2.40. The number of rotatable bonds is 1. The van der Waals surface area contributed by atoms with Crippen LogP contribution in [0.2, 0.25) is 0 Å². The van der Waals surface area contributed by atoms with Gasteiger partial charge < -0.3 is 19.5 Å². The van der Waals surface area contributed by atoms with E-state index in [1.165, 1.54) is 27.8 Å². The van der Waals surface area contributed by atoms with Gasteiger partial charge in [0.15, 0.2) is 0 Å². The third-order valence-electron chi connectivity index (χ3n) is 5.75. The van der Waals surface area contributed by atoms with Crippen LogP contribution in [-0.2, 0) is 9.47 Å². The number of hydrogen-bond acceptors (Lipinski definition) is 5. The summed E-state index contributed by atoms with van der Waals surface area (Å²) in [6.45, 7) is 8.29. The van der Waals surface area contributed by atoms with Gasteiger partial charge in [0, 0.05) is 24.5 Å². The summed E-state index contributed by atoms with van der Waals surface area (Å²) in [5.41, 5.74) is 0.669. The minimum absolute atomic E-state index is 0.138. The van der Waals surface area contributed by atoms with E-state index in [1.54, 1.807) is 18.7 Å². The van der Waals surface area contributed by atoms with Crippen molar-refractivity contribution in [2.75, 3.05) is 19.6 Å². The minimum Gasteiger partial charge on any atom is -0.465 e. The van der Waals surface area contributed by atoms with Gasteiger partial charge in [-0.15, -0.1) is 0 Å². The third-order valence-corrected chi connectivity index (χ3v) is 5.75. The van der Waals surface area contributed by atoms with E-state index in [1.807, 2.05) is 13.8 Å². The molecule has 1 aromatic carbocycles. The average Bonchev–Trinajstić information content (AvgIpc) is 3.04. The Hall–Kier alpha value is -2.72. The van der Waals surface area contributed by atoms with E-state index >= 15 is 0 Å². The molecule has 3 heterocycles. The van der Waals surface area contributed by atoms with Crippen LogP contribution in [0.25, 0.3) is 10.9 Å². The zero-order chi connectivity index (χ0) is 22.4. The van der Waals surface area contributed by atoms with Crippen molar-refractivity contribution in [2.24, 2.45) is 0 Å². The van der Waals surface area contributed by atoms with Crippen molar-refractivity contribution in [1.82, 2.24) is 19.6 Å². The second-order valence-corrected chi connectivity index (χ2v) is 8.43. The number of fused-ring (bicyclic) bond motifs is 1. The fourth-order valence-electron chi connectivity index (χ4n) is 4.64. The second-order valence-electron chi connectivity index (χ2n) is 8.43. The molecule has 5 unspecified atom stereocenters. The van der Waals surface area contributed by atoms with Crippen molar-refractivity contribution >= 4 is 23.0 Å². The number of halogens is 1. The highest BCUT2D eigenvalue weighted by molar-refractivity contribution is 5.92. The molecule has 2 aliphatic rings. The fourth-order valence-corrected chi connectivity index (χ4v) is 4.64. The number of benzene rings is 1. The van der Waals surface area contributed by atoms with Gasteiger partial charge in [0.2, 0.25) is 0 Å². The summed E-state index contributed by atoms with van der Waals surface area (Å²) in [5.74, 6) is -0.506. The van der Waals surface area contributed by atoms with Gasteiger partial charge in [0.25, 0.3) is 0 Å². The number of amides is 2. The first-order valence-corrected chi connectivity index (χ1v) is 10.4. The van der Waals surface area contributed by atoms with E-state index < -0.39 is 30.1 Å². The number of hydrogen-bond donors (Lipinski definition) is 1. The van der Waals surface area contributed by atoms with Crippen LogP contribution in [0.4, 0.5) is 14.0 Å². The Balaban J connectivity index is 1.81. The Labute approximate surface area is 179 Å². The molecule has 2 saturated heterocycles. The highest BCUT2D eigenvalue weighted by Gasteiger charge is 2.40. The average molecular weight is 434 g/mol. The molecule has 1 aromatic heterocycles. The predicted molar refractivity (Wildman–Crippen MR) is 110 cm³/mol. The summed E-state index contributed by atoms with van der Waals surface area (Å²) in [6.07, 6.45) is -2.14. The second kappa shape index (κ2) is 8.08. The number of morpholine rings is 2. The largest absolute Gasteiger partial charge is 0.465 e. The van der Waals surface area contributed by atoms with Gasteiger partial charge in [-0.25, -0.2) is 14.0 Å². The number of carbonyl (C=O) groups excluding carboxylic acids is 1. The lowest BCUT2D eigenvalue weighted by Crippen LogP contribution is -2.50. The molecule has 31 heavy (non-hydrogen) atoms. The van der Waals surface area contributed by atoms with Gasteiger partial charge in [-0.3, -0.25) is 4.90 Å². The molecule has 10 heteroatoms. The molecule has 0 radical (unpaired) electrons. The first kappa shape index (κ1) is 21.5. The van der Waals surface area contributed by atoms with Gasteiger partial charge in [-0.2, -0.15) is 9.78 Å². The van der Waals surface area contributed by atoms with Crippen LogP contribution in [-0.4, -0.2) is 80.9 Å². The number of aromatic nitrogens is 2. The van der Waals surface area contributed by atoms with Crippen LogP contribution < -0.4 is 0 Å². The maximum Gasteiger partial charge on any atom is 0.408 e. The SMILES string of the molecule is CC1CN(C(=O)n2nc(C3C(C)OC(C)CN3C(=O)O)c3ccc(F)cc32)CC(C)O1. The molecule has 2 aliphatic heterocycles. The molecule has 5 atom stereocenters. The third kappa shape index (κ3) is 3.97. The Morgan fingerprint density at radius 3 is 2.35 bits per heavy atom. The van der Waals surface area contributed by atoms with Crippen LogP contribution in [0.1, 0.15) is 39.4 Å². The van der Waals surface area contributed by atoms with Gasteiger partial charge in [-0.1, -0.05) is 0 Å². The lowest BCUT2D eigenvalue weighted by atomic mass is 10.0. The molecule has 0 aliphatic carbocycles. The molecule has 2 fully saturated rings. The van der Waals surface area contributed by atoms with Crippen LogP contribution in [0, 0.1) is 5.82 Å². The predicted octanol–water partition coefficient (Wildman–Crippen LogP) is 3.08. The van der Waals surface area contributed by atoms with Crippen LogP contribution in [0.3, 0.4) is 0 Å². The van der Waals surface area contributed by atoms with Crippen molar-refractivity contribution < 1.29 is 28.6 Å². The summed E-state index contributed by atoms with van der Waals surface area (Å²) in [5, 5.41) is 14.8. The minimum atomic E-state index is -1.10. The summed E-state index contributed by atoms with van der Waals surface area (Å²) < 4.78 is 26.9. The van der Waals surface area contributed by atoms with Crippen molar-refractivity contribution in [3.8, 4) is 0 Å². The Morgan fingerprint density at radius 1 is 1.06 bits per heavy atom. The highest BCUT2D eigenvalue weighted by Crippen LogP contribution is 2.35. The normalized spacial score (nSPS) is 29.4. The van der Waals surface area contributed by atoms with E-state index in [2.05, 4.69) is 5.10 Å². The zero-order valence-electron chi connectivity index (χ0n) is 18.0. The molecule has 4 rings (SSSR count). The van der Waals surface area contributed by atoms with Crippen LogP contribution in [0.15, 0.2) is 18.2 Å². The molecule has 1 N–H and O–H groups in total. The smallest absolute Gasteiger partial charge is 0.408 e. The molecule has 0 bridgehead atoms. The van der Waals surface area contributed by atoms with Crippen molar-refractivity contribution in [1.29, 1.82) is 0 Å². The van der Waals surface area contributed by atoms with E-state index in [9.17, 15) is 19.1 Å². The van der Waals surface area contributed by atoms with E-state index in [-0.39, 0.29) is 24.9 Å². The quantitative estimate of drug-likeness (QED) is 0.741. The van der Waals surface area contributed by atoms with Crippen LogP contribution >= 0.6 is 0 Å². The van der Waals surface area contributed by atoms with Gasteiger partial charge in [-0.05, 0) is 39.8 Å². The maximum absolute atomic E-state index is 14.1. The first-order chi connectivity index (χ1) is 14.7. The topological polar surface area (TPSA) is 97.1 Å². The zero-order valence-corrected chi connectivity index (χ0v) is 18.0. The molecule has 2 aromatic rings. The van der Waals surface area contributed by atoms with Crippen molar-refractivity contribution in [2.45, 2.75) is 58.2 Å². The van der Waals surface area contributed by atoms with Crippen molar-refractivity contribution in [3.63, 3.8) is 0 Å². The molecule has 2 amide bonds. The number of nitrogens with zero attached hydrogens (tertiary/aromatic N) is 4. The molecular weight excluding hydrogens is 407 g/mol. The molecule has 0 spiro atoms. The molecule has 0 saturated carbocycles. The molecular formula is C21H27FN4O5. The molecule has 9 nitrogen and oxygen atoms in total. The standard InChI is InChI=1S/C21H27FN4O5/c1-11-8-24(9-12(2)30-11)20(27)26-17-7-15(22)5-6-16(17)18(23-26)19-14(4)31-13(3)10-25(19)21(28)29/h5-7,11-14,19H,8-10H2,1-4H3,(H,28,29). The summed E-state index contributed by atoms with van der Waals surface area (Å²) in [7, 11) is 0. The van der Waals surface area contributed by atoms with Crippen molar-refractivity contribution in [3.05, 3.63) is 29.7 Å². The Bertz CT molecular complexity index is 1000. The van der Waals surface area contributed by atoms with Gasteiger partial charge >= 0.3 is 12.1 Å². The first-order valence-electron chi connectivity index (χ1n) is 10.4. The lowest BCUT2D eigenvalue weighted by molar-refractivity contribution is -0.0965. The van der Waals surface area contributed by atoms with E-state index in [0.717, 1.165) is 0 Å². The number of ether oxygens (including phenoxy) is 2. The van der Waals surface area contributed by atoms with E-state index in [0.29, 0.717) is 29.7 Å². The Morgan fingerprint density at radius 2 is 1.71 bits per heavy atom. The summed E-state index contributed by atoms with van der Waals surface area (Å²) in [4.78, 5) is 28.2. The summed E-state index contributed by atoms with van der Waals surface area (Å²) >= 11 is 0. The monoisotopic (exact) mass is 434 g/mol. The number of carbonyl (C=O) groups is 2.